The van der Waals surface area contributed by atoms with E-state index in [4.69, 9.17) is 5.11 Å². The predicted octanol–water partition coefficient (Wildman–Crippen LogP) is 2.83. The molecule has 96 valence electrons. The van der Waals surface area contributed by atoms with Crippen molar-refractivity contribution in [2.24, 2.45) is 0 Å². The van der Waals surface area contributed by atoms with Crippen molar-refractivity contribution in [1.29, 1.82) is 0 Å². The fourth-order valence-corrected chi connectivity index (χ4v) is 2.61. The van der Waals surface area contributed by atoms with Crippen LogP contribution in [-0.4, -0.2) is 20.9 Å². The van der Waals surface area contributed by atoms with E-state index in [9.17, 15) is 4.79 Å². The first-order valence-electron chi connectivity index (χ1n) is 5.94. The highest BCUT2D eigenvalue weighted by atomic mass is 16.4. The molecule has 0 radical (unpaired) electrons. The summed E-state index contributed by atoms with van der Waals surface area (Å²) >= 11 is 0. The van der Waals surface area contributed by atoms with Crippen LogP contribution in [0.3, 0.4) is 0 Å². The summed E-state index contributed by atoms with van der Waals surface area (Å²) in [6.07, 6.45) is 0.123. The van der Waals surface area contributed by atoms with Gasteiger partial charge >= 0.3 is 5.97 Å². The number of carboxylic acids is 1. The Labute approximate surface area is 103 Å². The van der Waals surface area contributed by atoms with Crippen molar-refractivity contribution in [3.8, 4) is 0 Å². The Kier molecular flexibility index (Phi) is 3.65. The van der Waals surface area contributed by atoms with Crippen molar-refractivity contribution in [3.63, 3.8) is 0 Å². The van der Waals surface area contributed by atoms with E-state index in [1.807, 2.05) is 32.4 Å². The van der Waals surface area contributed by atoms with Gasteiger partial charge in [0.1, 0.15) is 0 Å². The summed E-state index contributed by atoms with van der Waals surface area (Å²) in [6.45, 7) is 12.0. The highest BCUT2D eigenvalue weighted by Crippen LogP contribution is 2.33. The lowest BCUT2D eigenvalue weighted by Gasteiger charge is -2.23. The molecular formula is C13H22N2O2. The fraction of sp³-hybridized carbons (Fsp3) is 0.692. The van der Waals surface area contributed by atoms with Gasteiger partial charge in [0.2, 0.25) is 0 Å². The van der Waals surface area contributed by atoms with Crippen molar-refractivity contribution in [2.75, 3.05) is 0 Å². The second-order valence-electron chi connectivity index (χ2n) is 5.54. The smallest absolute Gasteiger partial charge is 0.304 e. The average molecular weight is 238 g/mol. The molecule has 1 aromatic heterocycles. The van der Waals surface area contributed by atoms with E-state index in [-0.39, 0.29) is 11.8 Å². The molecule has 0 bridgehead atoms. The number of rotatable bonds is 4. The zero-order valence-corrected chi connectivity index (χ0v) is 11.5. The van der Waals surface area contributed by atoms with E-state index in [0.717, 1.165) is 17.0 Å². The second kappa shape index (κ2) is 4.51. The second-order valence-corrected chi connectivity index (χ2v) is 5.54. The highest BCUT2D eigenvalue weighted by molar-refractivity contribution is 5.69. The van der Waals surface area contributed by atoms with E-state index in [1.165, 1.54) is 0 Å². The van der Waals surface area contributed by atoms with E-state index in [0.29, 0.717) is 6.04 Å². The lowest BCUT2D eigenvalue weighted by molar-refractivity contribution is -0.138. The van der Waals surface area contributed by atoms with Gasteiger partial charge in [0, 0.05) is 22.7 Å². The summed E-state index contributed by atoms with van der Waals surface area (Å²) in [6, 6.07) is 0.295. The van der Waals surface area contributed by atoms with Gasteiger partial charge in [-0.15, -0.1) is 0 Å². The summed E-state index contributed by atoms with van der Waals surface area (Å²) in [5.41, 5.74) is 2.69. The molecule has 4 heteroatoms. The van der Waals surface area contributed by atoms with Gasteiger partial charge in [-0.25, -0.2) is 0 Å². The molecule has 0 aliphatic carbocycles. The average Bonchev–Trinajstić information content (AvgIpc) is 2.39. The first kappa shape index (κ1) is 13.7. The molecule has 0 fully saturated rings. The number of aromatic nitrogens is 2. The molecule has 1 rings (SSSR count). The molecule has 0 amide bonds. The van der Waals surface area contributed by atoms with Gasteiger partial charge in [0.25, 0.3) is 0 Å². The topological polar surface area (TPSA) is 55.1 Å². The number of aliphatic carboxylic acids is 1. The summed E-state index contributed by atoms with van der Waals surface area (Å²) in [5, 5.41) is 13.5. The van der Waals surface area contributed by atoms with Gasteiger partial charge in [-0.2, -0.15) is 5.10 Å². The van der Waals surface area contributed by atoms with Gasteiger partial charge in [-0.05, 0) is 27.7 Å². The van der Waals surface area contributed by atoms with Crippen LogP contribution in [-0.2, 0) is 10.2 Å². The summed E-state index contributed by atoms with van der Waals surface area (Å²) in [7, 11) is 0. The highest BCUT2D eigenvalue weighted by Gasteiger charge is 2.30. The number of carbonyl (C=O) groups is 1. The van der Waals surface area contributed by atoms with Crippen LogP contribution in [0.5, 0.6) is 0 Å². The van der Waals surface area contributed by atoms with Gasteiger partial charge < -0.3 is 5.11 Å². The Balaban J connectivity index is 3.26. The van der Waals surface area contributed by atoms with E-state index in [2.05, 4.69) is 18.9 Å². The van der Waals surface area contributed by atoms with Gasteiger partial charge in [0.05, 0.1) is 12.1 Å². The molecule has 0 aliphatic rings. The third kappa shape index (κ3) is 2.68. The minimum absolute atomic E-state index is 0.123. The van der Waals surface area contributed by atoms with Crippen LogP contribution in [0.4, 0.5) is 0 Å². The SMILES string of the molecule is Cc1nn(C(C)C)c(C)c1C(C)(C)CC(=O)O. The Morgan fingerprint density at radius 1 is 1.41 bits per heavy atom. The molecule has 0 saturated heterocycles. The Morgan fingerprint density at radius 2 is 1.94 bits per heavy atom. The lowest BCUT2D eigenvalue weighted by Crippen LogP contribution is -2.23. The van der Waals surface area contributed by atoms with Crippen LogP contribution >= 0.6 is 0 Å². The van der Waals surface area contributed by atoms with Crippen LogP contribution < -0.4 is 0 Å². The number of nitrogens with zero attached hydrogens (tertiary/aromatic N) is 2. The molecule has 0 aliphatic heterocycles. The zero-order chi connectivity index (χ0) is 13.4. The minimum atomic E-state index is -0.772. The molecule has 0 unspecified atom stereocenters. The molecule has 0 atom stereocenters. The maximum absolute atomic E-state index is 10.9. The predicted molar refractivity (Wildman–Crippen MR) is 67.4 cm³/mol. The van der Waals surface area contributed by atoms with E-state index in [1.54, 1.807) is 0 Å². The quantitative estimate of drug-likeness (QED) is 0.877. The number of carboxylic acid groups (broad SMARTS) is 1. The van der Waals surface area contributed by atoms with Gasteiger partial charge in [0.15, 0.2) is 0 Å². The first-order valence-corrected chi connectivity index (χ1v) is 5.94. The molecule has 1 aromatic rings. The molecule has 1 heterocycles. The van der Waals surface area contributed by atoms with Crippen molar-refractivity contribution in [1.82, 2.24) is 9.78 Å². The Hall–Kier alpha value is -1.32. The standard InChI is InChI=1S/C13H22N2O2/c1-8(2)15-10(4)12(9(3)14-15)13(5,6)7-11(16)17/h8H,7H2,1-6H3,(H,16,17). The van der Waals surface area contributed by atoms with Crippen molar-refractivity contribution < 1.29 is 9.90 Å². The van der Waals surface area contributed by atoms with Crippen molar-refractivity contribution >= 4 is 5.97 Å². The third-order valence-corrected chi connectivity index (χ3v) is 3.08. The van der Waals surface area contributed by atoms with E-state index >= 15 is 0 Å². The summed E-state index contributed by atoms with van der Waals surface area (Å²) in [5.74, 6) is -0.772. The Bertz CT molecular complexity index is 431. The third-order valence-electron chi connectivity index (χ3n) is 3.08. The summed E-state index contributed by atoms with van der Waals surface area (Å²) in [4.78, 5) is 10.9. The van der Waals surface area contributed by atoms with Crippen LogP contribution in [0.2, 0.25) is 0 Å². The fourth-order valence-electron chi connectivity index (χ4n) is 2.61. The molecule has 0 saturated carbocycles. The van der Waals surface area contributed by atoms with Crippen molar-refractivity contribution in [2.45, 2.75) is 59.4 Å². The molecule has 1 N–H and O–H groups in total. The lowest BCUT2D eigenvalue weighted by atomic mass is 9.80. The van der Waals surface area contributed by atoms with Crippen LogP contribution in [0.1, 0.15) is 57.1 Å². The van der Waals surface area contributed by atoms with Crippen LogP contribution in [0.25, 0.3) is 0 Å². The maximum atomic E-state index is 10.9. The van der Waals surface area contributed by atoms with Crippen LogP contribution in [0, 0.1) is 13.8 Å². The molecule has 0 spiro atoms. The zero-order valence-electron chi connectivity index (χ0n) is 11.5. The van der Waals surface area contributed by atoms with E-state index < -0.39 is 5.97 Å². The largest absolute Gasteiger partial charge is 0.481 e. The normalized spacial score (nSPS) is 12.2. The van der Waals surface area contributed by atoms with Gasteiger partial charge in [-0.3, -0.25) is 9.48 Å². The molecule has 4 nitrogen and oxygen atoms in total. The van der Waals surface area contributed by atoms with Crippen LogP contribution in [0.15, 0.2) is 0 Å². The van der Waals surface area contributed by atoms with Gasteiger partial charge in [-0.1, -0.05) is 13.8 Å². The molecule has 17 heavy (non-hydrogen) atoms. The number of hydrogen-bond donors (Lipinski definition) is 1. The minimum Gasteiger partial charge on any atom is -0.481 e. The molecular weight excluding hydrogens is 216 g/mol. The number of aryl methyl sites for hydroxylation is 1. The summed E-state index contributed by atoms with van der Waals surface area (Å²) < 4.78 is 1.97. The van der Waals surface area contributed by atoms with Crippen molar-refractivity contribution in [3.05, 3.63) is 17.0 Å². The Morgan fingerprint density at radius 3 is 2.29 bits per heavy atom. The number of hydrogen-bond acceptors (Lipinski definition) is 2. The maximum Gasteiger partial charge on any atom is 0.304 e. The first-order chi connectivity index (χ1) is 7.66. The molecule has 0 aromatic carbocycles. The monoisotopic (exact) mass is 238 g/mol.